The Balaban J connectivity index is 0.748. The van der Waals surface area contributed by atoms with Gasteiger partial charge >= 0.3 is 12.4 Å². The van der Waals surface area contributed by atoms with Gasteiger partial charge in [-0.15, -0.1) is 0 Å². The van der Waals surface area contributed by atoms with Crippen molar-refractivity contribution < 1.29 is 26.3 Å². The van der Waals surface area contributed by atoms with Gasteiger partial charge in [0, 0.05) is 10.8 Å². The molecule has 22 aromatic rings. The van der Waals surface area contributed by atoms with Crippen molar-refractivity contribution in [2.75, 3.05) is 0 Å². The van der Waals surface area contributed by atoms with Gasteiger partial charge in [0.25, 0.3) is 0 Å². The van der Waals surface area contributed by atoms with E-state index < -0.39 is 43.6 Å². The Morgan fingerprint density at radius 1 is 0.194 bits per heavy atom. The topological polar surface area (TPSA) is 47.6 Å². The van der Waals surface area contributed by atoms with E-state index in [1.54, 1.807) is 12.1 Å². The summed E-state index contributed by atoms with van der Waals surface area (Å²) in [4.78, 5) is 0. The second-order valence-electron chi connectivity index (χ2n) is 32.6. The van der Waals surface area contributed by atoms with E-state index in [1.165, 1.54) is 24.3 Å². The quantitative estimate of drug-likeness (QED) is 0.0583. The van der Waals surface area contributed by atoms with Crippen LogP contribution in [0, 0.1) is 22.7 Å². The number of halogens is 6. The average Bonchev–Trinajstić information content (AvgIpc) is 0.704. The highest BCUT2D eigenvalue weighted by Crippen LogP contribution is 2.47. The van der Waals surface area contributed by atoms with Gasteiger partial charge in [-0.25, -0.2) is 0 Å². The minimum absolute atomic E-state index is 0.0188. The Morgan fingerprint density at radius 3 is 0.887 bits per heavy atom. The molecule has 12 heteroatoms. The monoisotopic (exact) mass is 1600 g/mol. The zero-order valence-electron chi connectivity index (χ0n) is 66.6. The predicted octanol–water partition coefficient (Wildman–Crippen LogP) is 20.9. The van der Waals surface area contributed by atoms with E-state index >= 15 is 26.3 Å². The molecule has 0 aromatic heterocycles. The number of alkyl halides is 6. The maximum Gasteiger partial charge on any atom is 0.417 e. The minimum Gasteiger partial charge on any atom is -0.192 e. The van der Waals surface area contributed by atoms with Crippen LogP contribution in [0.3, 0.4) is 0 Å². The largest absolute Gasteiger partial charge is 0.417 e. The van der Waals surface area contributed by atoms with Crippen LogP contribution >= 0.6 is 0 Å². The number of benzene rings is 22. The second-order valence-corrected chi connectivity index (χ2v) is 32.6. The number of nitriles is 2. The third kappa shape index (κ3) is 12.4. The zero-order valence-corrected chi connectivity index (χ0v) is 66.6. The summed E-state index contributed by atoms with van der Waals surface area (Å²) in [5.41, 5.74) is 13.0. The Labute approximate surface area is 712 Å². The van der Waals surface area contributed by atoms with E-state index in [2.05, 4.69) is 231 Å². The first-order chi connectivity index (χ1) is 60.7. The molecule has 0 radical (unpaired) electrons. The van der Waals surface area contributed by atoms with Crippen LogP contribution in [0.25, 0.3) is 141 Å². The summed E-state index contributed by atoms with van der Waals surface area (Å²) in [5.74, 6) is 0. The highest BCUT2D eigenvalue weighted by Gasteiger charge is 2.40. The Morgan fingerprint density at radius 2 is 0.484 bits per heavy atom. The molecule has 0 spiro atoms. The molecule has 124 heavy (non-hydrogen) atoms. The molecule has 2 nitrogen and oxygen atoms in total. The standard InChI is InChI=1S/C112H66B4F6N2/c117-111(118,119)97-45-18-16-43-87(97)95-65-105(113(77-33-4-1-5-34-77)78-35-6-2-7-36-78)93-57-55-90-96(88-44-17-19-46-98(88)112(120,121)122)66-106(94-58-56-89(95)109(93)110(90)94)114(79-37-8-3-9-38-79)80-39-20-31-72(62-80)73-51-52-84-74(61-73)32-24-50-102(84)116(101-49-23-30-71-27-12-15-42-83(71)101)104-64-76(68-124)86-54-53-85-75(67-123)63-103(91-59-60-92(104)108(86)107(85)91)115(99-47-21-28-69-25-10-13-40-81(69)99)100-48-22-29-70-26-11-14-41-82(70)100/h1-66H. The molecule has 22 aromatic carbocycles. The fourth-order valence-corrected chi connectivity index (χ4v) is 20.8. The molecule has 0 aliphatic heterocycles. The van der Waals surface area contributed by atoms with Gasteiger partial charge in [-0.2, -0.15) is 36.9 Å². The first-order valence-corrected chi connectivity index (χ1v) is 41.7. The maximum absolute atomic E-state index is 16.0. The van der Waals surface area contributed by atoms with Crippen molar-refractivity contribution in [3.8, 4) is 45.5 Å². The van der Waals surface area contributed by atoms with Crippen LogP contribution in [0.5, 0.6) is 0 Å². The third-order valence-corrected chi connectivity index (χ3v) is 26.0. The average molecular weight is 1600 g/mol. The molecule has 22 rings (SSSR count). The smallest absolute Gasteiger partial charge is 0.192 e. The molecule has 0 N–H and O–H groups in total. The first-order valence-electron chi connectivity index (χ1n) is 41.7. The van der Waals surface area contributed by atoms with Crippen molar-refractivity contribution in [3.05, 3.63) is 423 Å². The first kappa shape index (κ1) is 75.0. The van der Waals surface area contributed by atoms with Crippen LogP contribution in [0.1, 0.15) is 22.3 Å². The fourth-order valence-electron chi connectivity index (χ4n) is 20.8. The molecule has 0 saturated carbocycles. The van der Waals surface area contributed by atoms with Gasteiger partial charge < -0.3 is 0 Å². The second kappa shape index (κ2) is 29.9. The summed E-state index contributed by atoms with van der Waals surface area (Å²) in [6.07, 6.45) is -9.53. The number of nitrogens with zero attached hydrogens (tertiary/aromatic N) is 2. The van der Waals surface area contributed by atoms with Crippen LogP contribution in [0.15, 0.2) is 400 Å². The van der Waals surface area contributed by atoms with Gasteiger partial charge in [-0.05, 0) is 161 Å². The summed E-state index contributed by atoms with van der Waals surface area (Å²) >= 11 is 0. The molecule has 0 aliphatic rings. The van der Waals surface area contributed by atoms with Crippen molar-refractivity contribution in [1.82, 2.24) is 0 Å². The van der Waals surface area contributed by atoms with Gasteiger partial charge in [0.2, 0.25) is 26.9 Å². The van der Waals surface area contributed by atoms with Crippen molar-refractivity contribution >= 4 is 200 Å². The van der Waals surface area contributed by atoms with Crippen LogP contribution in [-0.4, -0.2) is 26.9 Å². The van der Waals surface area contributed by atoms with E-state index in [1.807, 2.05) is 133 Å². The van der Waals surface area contributed by atoms with Crippen molar-refractivity contribution in [1.29, 1.82) is 10.5 Å². The lowest BCUT2D eigenvalue weighted by Crippen LogP contribution is -2.53. The molecule has 0 unspecified atom stereocenters. The van der Waals surface area contributed by atoms with Crippen molar-refractivity contribution in [2.24, 2.45) is 0 Å². The lowest BCUT2D eigenvalue weighted by Gasteiger charge is -2.26. The predicted molar refractivity (Wildman–Crippen MR) is 510 cm³/mol. The Bertz CT molecular complexity index is 8030. The van der Waals surface area contributed by atoms with Crippen LogP contribution in [0.2, 0.25) is 0 Å². The molecule has 0 amide bonds. The molecular formula is C112H66B4F6N2. The fraction of sp³-hybridized carbons (Fsp3) is 0.0179. The molecular weight excluding hydrogens is 1530 g/mol. The summed E-state index contributed by atoms with van der Waals surface area (Å²) < 4.78 is 95.2. The summed E-state index contributed by atoms with van der Waals surface area (Å²) in [5, 5.41) is 40.9. The van der Waals surface area contributed by atoms with Gasteiger partial charge in [0.15, 0.2) is 0 Å². The number of hydrogen-bond acceptors (Lipinski definition) is 2. The lowest BCUT2D eigenvalue weighted by molar-refractivity contribution is -0.137. The van der Waals surface area contributed by atoms with E-state index in [9.17, 15) is 10.5 Å². The molecule has 0 bridgehead atoms. The zero-order chi connectivity index (χ0) is 83.6. The molecule has 0 aliphatic carbocycles. The van der Waals surface area contributed by atoms with E-state index in [-0.39, 0.29) is 17.8 Å². The van der Waals surface area contributed by atoms with Gasteiger partial charge in [0.05, 0.1) is 34.4 Å². The van der Waals surface area contributed by atoms with Gasteiger partial charge in [-0.3, -0.25) is 0 Å². The molecule has 0 saturated heterocycles. The maximum atomic E-state index is 16.0. The SMILES string of the molecule is N#Cc1cc(B(c2cccc3ccccc23)c2cccc3ccccc23)c2ccc3c(B(c4cccc5ccccc45)c4cccc5cc(-c6cccc(B(c7ccccc7)c7cc(-c8ccccc8C(F)(F)F)c8ccc9c(B(c%10ccccc%10)c%10ccccc%10)cc(-c%10ccccc%10C(F)(F)F)c%10ccc7c8c9%10)c6)ccc45)cc(C#N)c4ccc1c2c43. The summed E-state index contributed by atoms with van der Waals surface area (Å²) in [6.45, 7) is -1.94. The Kier molecular flexibility index (Phi) is 18.1. The van der Waals surface area contributed by atoms with E-state index in [0.29, 0.717) is 49.3 Å². The van der Waals surface area contributed by atoms with Gasteiger partial charge in [-0.1, -0.05) is 436 Å². The van der Waals surface area contributed by atoms with Crippen LogP contribution < -0.4 is 65.6 Å². The van der Waals surface area contributed by atoms with E-state index in [4.69, 9.17) is 0 Å². The highest BCUT2D eigenvalue weighted by molar-refractivity contribution is 7.01. The lowest BCUT2D eigenvalue weighted by atomic mass is 9.34. The molecule has 0 fully saturated rings. The van der Waals surface area contributed by atoms with Crippen LogP contribution in [-0.2, 0) is 12.4 Å². The molecule has 0 heterocycles. The summed E-state index contributed by atoms with van der Waals surface area (Å²) in [6, 6.07) is 137. The third-order valence-electron chi connectivity index (χ3n) is 26.0. The van der Waals surface area contributed by atoms with Gasteiger partial charge in [0.1, 0.15) is 0 Å². The van der Waals surface area contributed by atoms with Crippen molar-refractivity contribution in [3.63, 3.8) is 0 Å². The molecule has 578 valence electrons. The number of hydrogen-bond donors (Lipinski definition) is 0. The number of rotatable bonds is 15. The van der Waals surface area contributed by atoms with E-state index in [0.717, 1.165) is 170 Å². The van der Waals surface area contributed by atoms with Crippen molar-refractivity contribution in [2.45, 2.75) is 12.4 Å². The van der Waals surface area contributed by atoms with Crippen LogP contribution in [0.4, 0.5) is 26.3 Å². The summed E-state index contributed by atoms with van der Waals surface area (Å²) in [7, 11) is 0. The Hall–Kier alpha value is -15.2. The normalized spacial score (nSPS) is 11.9. The number of fused-ring (bicyclic) bond motifs is 4. The minimum atomic E-state index is -4.78. The highest BCUT2D eigenvalue weighted by atomic mass is 19.4. The molecule has 0 atom stereocenters.